The summed E-state index contributed by atoms with van der Waals surface area (Å²) >= 11 is 0. The number of aliphatic hydroxyl groups is 2. The maximum atomic E-state index is 9.34. The van der Waals surface area contributed by atoms with E-state index in [-0.39, 0.29) is 0 Å². The number of carboxylic acid groups (broad SMARTS) is 2. The van der Waals surface area contributed by atoms with Gasteiger partial charge in [-0.3, -0.25) is 0 Å². The molecule has 0 aliphatic heterocycles. The number of quaternary nitrogens is 2. The van der Waals surface area contributed by atoms with Crippen molar-refractivity contribution in [3.8, 4) is 0 Å². The minimum atomic E-state index is -1.44. The van der Waals surface area contributed by atoms with E-state index < -0.39 is 24.1 Å². The molecule has 2 atom stereocenters. The van der Waals surface area contributed by atoms with Crippen molar-refractivity contribution in [2.75, 3.05) is 45.8 Å². The zero-order valence-electron chi connectivity index (χ0n) is 21.0. The number of carboxylic acids is 2. The second kappa shape index (κ2) is 24.1. The van der Waals surface area contributed by atoms with Crippen molar-refractivity contribution >= 4 is 11.9 Å². The number of nitrogens with one attached hydrogen (secondary N) is 1. The van der Waals surface area contributed by atoms with Gasteiger partial charge in [0, 0.05) is 0 Å². The van der Waals surface area contributed by atoms with Crippen LogP contribution >= 0.6 is 0 Å². The summed E-state index contributed by atoms with van der Waals surface area (Å²) in [6.45, 7) is 27.2. The average molecular weight is 439 g/mol. The van der Waals surface area contributed by atoms with E-state index in [0.29, 0.717) is 0 Å². The predicted octanol–water partition coefficient (Wildman–Crippen LogP) is -1.17. The molecule has 0 radical (unpaired) electrons. The molecule has 0 fully saturated rings. The van der Waals surface area contributed by atoms with E-state index in [9.17, 15) is 19.8 Å². The highest BCUT2D eigenvalue weighted by Gasteiger charge is 2.18. The Balaban J connectivity index is -0.000000157. The van der Waals surface area contributed by atoms with Crippen LogP contribution in [0.5, 0.6) is 0 Å². The van der Waals surface area contributed by atoms with E-state index in [1.54, 1.807) is 4.90 Å². The van der Waals surface area contributed by atoms with Gasteiger partial charge < -0.3 is 39.4 Å². The molecular formula is C22H50N2O6. The number of aliphatic carboxylic acids is 2. The molecule has 184 valence electrons. The minimum Gasteiger partial charge on any atom is -0.547 e. The monoisotopic (exact) mass is 438 g/mol. The molecule has 0 heterocycles. The Morgan fingerprint density at radius 1 is 0.767 bits per heavy atom. The highest BCUT2D eigenvalue weighted by atomic mass is 16.4. The van der Waals surface area contributed by atoms with E-state index >= 15 is 0 Å². The molecule has 0 aromatic carbocycles. The summed E-state index contributed by atoms with van der Waals surface area (Å²) in [6.07, 6.45) is 0.0326. The molecule has 0 aliphatic rings. The van der Waals surface area contributed by atoms with Gasteiger partial charge in [-0.15, -0.1) is 0 Å². The fourth-order valence-electron chi connectivity index (χ4n) is 2.39. The van der Waals surface area contributed by atoms with Gasteiger partial charge in [0.15, 0.2) is 0 Å². The quantitative estimate of drug-likeness (QED) is 0.349. The van der Waals surface area contributed by atoms with Crippen molar-refractivity contribution in [1.29, 1.82) is 0 Å². The Hall–Kier alpha value is -1.22. The summed E-state index contributed by atoms with van der Waals surface area (Å²) in [5.41, 5.74) is 0. The molecule has 0 aromatic rings. The first-order valence-corrected chi connectivity index (χ1v) is 11.3. The van der Waals surface area contributed by atoms with E-state index in [1.807, 2.05) is 0 Å². The van der Waals surface area contributed by atoms with Crippen LogP contribution in [0.4, 0.5) is 0 Å². The zero-order chi connectivity index (χ0) is 24.8. The third-order valence-corrected chi connectivity index (χ3v) is 5.18. The number of aliphatic hydroxyl groups excluding tert-OH is 2. The number of nitrogens with zero attached hydrogens (tertiary/aromatic N) is 1. The molecule has 3 N–H and O–H groups in total. The molecule has 0 rings (SSSR count). The van der Waals surface area contributed by atoms with E-state index in [1.165, 1.54) is 63.1 Å². The van der Waals surface area contributed by atoms with E-state index in [4.69, 9.17) is 10.2 Å². The Morgan fingerprint density at radius 2 is 1.03 bits per heavy atom. The molecule has 0 amide bonds. The van der Waals surface area contributed by atoms with E-state index in [0.717, 1.165) is 13.8 Å². The first kappa shape index (κ1) is 36.2. The van der Waals surface area contributed by atoms with Crippen molar-refractivity contribution in [1.82, 2.24) is 0 Å². The summed E-state index contributed by atoms with van der Waals surface area (Å²) in [5.74, 6) is -2.87. The minimum absolute atomic E-state index is 1.13. The molecule has 0 aromatic heterocycles. The van der Waals surface area contributed by atoms with Crippen LogP contribution in [-0.2, 0) is 9.59 Å². The Kier molecular flexibility index (Phi) is 29.0. The fourth-order valence-corrected chi connectivity index (χ4v) is 2.39. The summed E-state index contributed by atoms with van der Waals surface area (Å²) in [4.78, 5) is 20.4. The van der Waals surface area contributed by atoms with Gasteiger partial charge in [0.25, 0.3) is 0 Å². The predicted molar refractivity (Wildman–Crippen MR) is 118 cm³/mol. The number of hydrogen-bond donors (Lipinski definition) is 3. The van der Waals surface area contributed by atoms with Gasteiger partial charge in [0.05, 0.1) is 70.0 Å². The SMILES string of the molecule is CC(O)C(=O)[O-].CC(O)C(=O)[O-].CCCC[N+](CC)(CC)CC.CC[NH+](CC)CC. The van der Waals surface area contributed by atoms with Gasteiger partial charge in [-0.05, 0) is 61.8 Å². The topological polar surface area (TPSA) is 125 Å². The van der Waals surface area contributed by atoms with Crippen LogP contribution in [0.25, 0.3) is 0 Å². The first-order chi connectivity index (χ1) is 13.9. The third-order valence-electron chi connectivity index (χ3n) is 5.18. The number of carbonyl (C=O) groups is 2. The Bertz CT molecular complexity index is 350. The van der Waals surface area contributed by atoms with Crippen LogP contribution in [-0.4, -0.2) is 84.7 Å². The summed E-state index contributed by atoms with van der Waals surface area (Å²) < 4.78 is 1.31. The van der Waals surface area contributed by atoms with Gasteiger partial charge in [-0.2, -0.15) is 0 Å². The molecule has 8 nitrogen and oxygen atoms in total. The standard InChI is InChI=1S/C10H24N.C6H15N.2C3H6O3/c1-5-9-10-11(6-2,7-3)8-4;1-4-7(5-2)6-3;2*1-2(4)3(5)6/h5-10H2,1-4H3;4-6H2,1-3H3;2*2,4H,1H3,(H,5,6)/q+1;;;/p-1. The Labute approximate surface area is 185 Å². The number of hydrogen-bond acceptors (Lipinski definition) is 6. The third kappa shape index (κ3) is 24.8. The lowest BCUT2D eigenvalue weighted by molar-refractivity contribution is -0.923. The van der Waals surface area contributed by atoms with Crippen molar-refractivity contribution in [3.63, 3.8) is 0 Å². The van der Waals surface area contributed by atoms with Crippen LogP contribution < -0.4 is 15.1 Å². The molecule has 0 saturated carbocycles. The van der Waals surface area contributed by atoms with Crippen LogP contribution in [0.15, 0.2) is 0 Å². The Morgan fingerprint density at radius 3 is 1.13 bits per heavy atom. The van der Waals surface area contributed by atoms with E-state index in [2.05, 4.69) is 48.5 Å². The van der Waals surface area contributed by atoms with Gasteiger partial charge in [0.2, 0.25) is 0 Å². The zero-order valence-corrected chi connectivity index (χ0v) is 21.0. The smallest absolute Gasteiger partial charge is 0.0905 e. The molecular weight excluding hydrogens is 388 g/mol. The molecule has 0 bridgehead atoms. The number of rotatable bonds is 11. The first-order valence-electron chi connectivity index (χ1n) is 11.3. The van der Waals surface area contributed by atoms with Crippen molar-refractivity contribution in [2.45, 2.75) is 87.4 Å². The van der Waals surface area contributed by atoms with Gasteiger partial charge >= 0.3 is 0 Å². The summed E-state index contributed by atoms with van der Waals surface area (Å²) in [6, 6.07) is 0. The fraction of sp³-hybridized carbons (Fsp3) is 0.909. The molecule has 0 saturated heterocycles. The van der Waals surface area contributed by atoms with Gasteiger partial charge in [0.1, 0.15) is 0 Å². The maximum absolute atomic E-state index is 9.34. The van der Waals surface area contributed by atoms with Crippen LogP contribution in [0.3, 0.4) is 0 Å². The highest BCUT2D eigenvalue weighted by Crippen LogP contribution is 2.07. The highest BCUT2D eigenvalue weighted by molar-refractivity contribution is 5.69. The largest absolute Gasteiger partial charge is 0.547 e. The van der Waals surface area contributed by atoms with Crippen molar-refractivity contribution < 1.29 is 39.4 Å². The second-order valence-corrected chi connectivity index (χ2v) is 7.17. The lowest BCUT2D eigenvalue weighted by atomic mass is 10.2. The van der Waals surface area contributed by atoms with Crippen molar-refractivity contribution in [3.05, 3.63) is 0 Å². The van der Waals surface area contributed by atoms with Crippen LogP contribution in [0.1, 0.15) is 75.2 Å². The summed E-state index contributed by atoms with van der Waals surface area (Å²) in [5, 5.41) is 34.6. The maximum Gasteiger partial charge on any atom is 0.0905 e. The average Bonchev–Trinajstić information content (AvgIpc) is 2.72. The lowest BCUT2D eigenvalue weighted by Crippen LogP contribution is -3.11. The molecule has 8 heteroatoms. The van der Waals surface area contributed by atoms with Crippen molar-refractivity contribution in [2.24, 2.45) is 0 Å². The normalized spacial score (nSPS) is 12.3. The van der Waals surface area contributed by atoms with Crippen LogP contribution in [0, 0.1) is 0 Å². The van der Waals surface area contributed by atoms with Crippen LogP contribution in [0.2, 0.25) is 0 Å². The second-order valence-electron chi connectivity index (χ2n) is 7.17. The number of carbonyl (C=O) groups excluding carboxylic acids is 2. The molecule has 0 spiro atoms. The lowest BCUT2D eigenvalue weighted by Gasteiger charge is -2.35. The summed E-state index contributed by atoms with van der Waals surface area (Å²) in [7, 11) is 0. The molecule has 30 heavy (non-hydrogen) atoms. The molecule has 2 unspecified atom stereocenters. The van der Waals surface area contributed by atoms with Gasteiger partial charge in [-0.25, -0.2) is 0 Å². The number of unbranched alkanes of at least 4 members (excludes halogenated alkanes) is 1. The molecule has 0 aliphatic carbocycles. The van der Waals surface area contributed by atoms with Gasteiger partial charge in [-0.1, -0.05) is 13.3 Å².